The van der Waals surface area contributed by atoms with E-state index in [1.807, 2.05) is 14.1 Å². The number of anilines is 1. The van der Waals surface area contributed by atoms with Crippen LogP contribution in [0, 0.1) is 12.8 Å². The molecule has 0 aromatic carbocycles. The first-order valence-electron chi connectivity index (χ1n) is 6.01. The highest BCUT2D eigenvalue weighted by Crippen LogP contribution is 2.26. The molecule has 0 saturated heterocycles. The molecule has 1 saturated carbocycles. The molecule has 0 bridgehead atoms. The minimum Gasteiger partial charge on any atom is -0.354 e. The quantitative estimate of drug-likeness (QED) is 0.896. The Morgan fingerprint density at radius 2 is 2.12 bits per heavy atom. The first-order valence-corrected chi connectivity index (χ1v) is 6.83. The molecule has 98 valence electrons. The van der Waals surface area contributed by atoms with Crippen molar-refractivity contribution in [2.75, 3.05) is 25.5 Å². The molecular formula is C12H22ClN3S. The number of aryl methyl sites for hydroxylation is 1. The van der Waals surface area contributed by atoms with Crippen LogP contribution in [0.15, 0.2) is 0 Å². The van der Waals surface area contributed by atoms with Crippen LogP contribution in [0.2, 0.25) is 0 Å². The fraction of sp³-hybridized carbons (Fsp3) is 0.750. The Hall–Kier alpha value is -0.320. The molecule has 0 aliphatic heterocycles. The van der Waals surface area contributed by atoms with Gasteiger partial charge in [-0.05, 0) is 32.2 Å². The van der Waals surface area contributed by atoms with Crippen LogP contribution in [0.4, 0.5) is 5.13 Å². The first kappa shape index (κ1) is 14.7. The molecule has 0 radical (unpaired) electrons. The fourth-order valence-electron chi connectivity index (χ4n) is 1.85. The summed E-state index contributed by atoms with van der Waals surface area (Å²) in [7, 11) is 4.09. The highest BCUT2D eigenvalue weighted by atomic mass is 35.5. The summed E-state index contributed by atoms with van der Waals surface area (Å²) in [5, 5.41) is 4.66. The topological polar surface area (TPSA) is 28.2 Å². The third kappa shape index (κ3) is 3.83. The van der Waals surface area contributed by atoms with Gasteiger partial charge in [-0.25, -0.2) is 4.98 Å². The molecule has 1 aliphatic carbocycles. The minimum atomic E-state index is 0. The van der Waals surface area contributed by atoms with Gasteiger partial charge >= 0.3 is 0 Å². The predicted molar refractivity (Wildman–Crippen MR) is 77.5 cm³/mol. The Labute approximate surface area is 114 Å². The van der Waals surface area contributed by atoms with Crippen LogP contribution in [0.25, 0.3) is 0 Å². The number of thiazole rings is 1. The third-order valence-electron chi connectivity index (χ3n) is 3.21. The maximum absolute atomic E-state index is 4.55. The second-order valence-corrected chi connectivity index (χ2v) is 5.89. The Morgan fingerprint density at radius 3 is 2.59 bits per heavy atom. The van der Waals surface area contributed by atoms with Crippen molar-refractivity contribution in [1.29, 1.82) is 0 Å². The SMILES string of the molecule is Cc1nc(N(C)C)sc1CNCC1CCC1.Cl. The number of nitrogens with zero attached hydrogens (tertiary/aromatic N) is 2. The van der Waals surface area contributed by atoms with Gasteiger partial charge in [0.25, 0.3) is 0 Å². The fourth-order valence-corrected chi connectivity index (χ4v) is 2.81. The van der Waals surface area contributed by atoms with Gasteiger partial charge in [-0.3, -0.25) is 0 Å². The van der Waals surface area contributed by atoms with Crippen LogP contribution < -0.4 is 10.2 Å². The summed E-state index contributed by atoms with van der Waals surface area (Å²) >= 11 is 1.80. The predicted octanol–water partition coefficient (Wildman–Crippen LogP) is 2.83. The molecule has 0 amide bonds. The molecule has 17 heavy (non-hydrogen) atoms. The zero-order valence-corrected chi connectivity index (χ0v) is 12.5. The number of hydrogen-bond acceptors (Lipinski definition) is 4. The first-order chi connectivity index (χ1) is 7.66. The van der Waals surface area contributed by atoms with Gasteiger partial charge in [0.2, 0.25) is 0 Å². The lowest BCUT2D eigenvalue weighted by molar-refractivity contribution is 0.301. The van der Waals surface area contributed by atoms with E-state index >= 15 is 0 Å². The molecule has 2 rings (SSSR count). The summed E-state index contributed by atoms with van der Waals surface area (Å²) in [5.41, 5.74) is 1.18. The van der Waals surface area contributed by atoms with E-state index in [1.165, 1.54) is 36.4 Å². The van der Waals surface area contributed by atoms with Gasteiger partial charge in [0.05, 0.1) is 5.69 Å². The van der Waals surface area contributed by atoms with Gasteiger partial charge in [0, 0.05) is 25.5 Å². The summed E-state index contributed by atoms with van der Waals surface area (Å²) < 4.78 is 0. The van der Waals surface area contributed by atoms with E-state index in [1.54, 1.807) is 11.3 Å². The molecule has 5 heteroatoms. The zero-order chi connectivity index (χ0) is 11.5. The van der Waals surface area contributed by atoms with Crippen LogP contribution in [-0.2, 0) is 6.54 Å². The Bertz CT molecular complexity index is 348. The van der Waals surface area contributed by atoms with Gasteiger partial charge in [-0.15, -0.1) is 23.7 Å². The van der Waals surface area contributed by atoms with Gasteiger partial charge in [-0.1, -0.05) is 6.42 Å². The lowest BCUT2D eigenvalue weighted by Gasteiger charge is -2.25. The van der Waals surface area contributed by atoms with Gasteiger partial charge in [-0.2, -0.15) is 0 Å². The van der Waals surface area contributed by atoms with Crippen LogP contribution >= 0.6 is 23.7 Å². The summed E-state index contributed by atoms with van der Waals surface area (Å²) in [6.45, 7) is 4.26. The van der Waals surface area contributed by atoms with Crippen LogP contribution in [0.3, 0.4) is 0 Å². The average Bonchev–Trinajstić information content (AvgIpc) is 2.52. The van der Waals surface area contributed by atoms with E-state index in [9.17, 15) is 0 Å². The summed E-state index contributed by atoms with van der Waals surface area (Å²) in [4.78, 5) is 8.00. The summed E-state index contributed by atoms with van der Waals surface area (Å²) in [6.07, 6.45) is 4.26. The van der Waals surface area contributed by atoms with Gasteiger partial charge in [0.1, 0.15) is 0 Å². The largest absolute Gasteiger partial charge is 0.354 e. The van der Waals surface area contributed by atoms with Gasteiger partial charge < -0.3 is 10.2 Å². The molecule has 0 atom stereocenters. The molecule has 1 aromatic heterocycles. The number of halogens is 1. The van der Waals surface area contributed by atoms with Crippen molar-refractivity contribution < 1.29 is 0 Å². The van der Waals surface area contributed by atoms with Crippen LogP contribution in [0.1, 0.15) is 29.8 Å². The maximum Gasteiger partial charge on any atom is 0.185 e. The number of rotatable bonds is 5. The van der Waals surface area contributed by atoms with E-state index in [2.05, 4.69) is 22.1 Å². The number of aromatic nitrogens is 1. The van der Waals surface area contributed by atoms with Crippen molar-refractivity contribution in [3.05, 3.63) is 10.6 Å². The van der Waals surface area contributed by atoms with E-state index in [4.69, 9.17) is 0 Å². The monoisotopic (exact) mass is 275 g/mol. The van der Waals surface area contributed by atoms with Crippen molar-refractivity contribution in [3.8, 4) is 0 Å². The third-order valence-corrected chi connectivity index (χ3v) is 4.53. The highest BCUT2D eigenvalue weighted by Gasteiger charge is 2.17. The number of nitrogens with one attached hydrogen (secondary N) is 1. The molecule has 0 unspecified atom stereocenters. The molecule has 1 N–H and O–H groups in total. The van der Waals surface area contributed by atoms with Crippen molar-refractivity contribution in [2.24, 2.45) is 5.92 Å². The minimum absolute atomic E-state index is 0. The Morgan fingerprint density at radius 1 is 1.41 bits per heavy atom. The van der Waals surface area contributed by atoms with E-state index in [-0.39, 0.29) is 12.4 Å². The summed E-state index contributed by atoms with van der Waals surface area (Å²) in [6, 6.07) is 0. The molecule has 0 spiro atoms. The molecular weight excluding hydrogens is 254 g/mol. The van der Waals surface area contributed by atoms with E-state index < -0.39 is 0 Å². The van der Waals surface area contributed by atoms with Crippen molar-refractivity contribution in [2.45, 2.75) is 32.7 Å². The Balaban J connectivity index is 0.00000144. The zero-order valence-electron chi connectivity index (χ0n) is 10.8. The van der Waals surface area contributed by atoms with E-state index in [0.29, 0.717) is 0 Å². The van der Waals surface area contributed by atoms with Crippen LogP contribution in [-0.4, -0.2) is 25.6 Å². The molecule has 1 heterocycles. The lowest BCUT2D eigenvalue weighted by atomic mass is 9.85. The highest BCUT2D eigenvalue weighted by molar-refractivity contribution is 7.15. The molecule has 1 aliphatic rings. The number of hydrogen-bond donors (Lipinski definition) is 1. The van der Waals surface area contributed by atoms with Crippen LogP contribution in [0.5, 0.6) is 0 Å². The Kier molecular flexibility index (Phi) is 5.70. The molecule has 3 nitrogen and oxygen atoms in total. The maximum atomic E-state index is 4.55. The summed E-state index contributed by atoms with van der Waals surface area (Å²) in [5.74, 6) is 0.932. The van der Waals surface area contributed by atoms with Crippen molar-refractivity contribution >= 4 is 28.9 Å². The van der Waals surface area contributed by atoms with E-state index in [0.717, 1.165) is 17.6 Å². The van der Waals surface area contributed by atoms with Crippen molar-refractivity contribution in [3.63, 3.8) is 0 Å². The normalized spacial score (nSPS) is 15.2. The average molecular weight is 276 g/mol. The standard InChI is InChI=1S/C12H21N3S.ClH/c1-9-11(16-12(14-9)15(2)3)8-13-7-10-5-4-6-10;/h10,13H,4-8H2,1-3H3;1H. The second kappa shape index (κ2) is 6.57. The van der Waals surface area contributed by atoms with Crippen molar-refractivity contribution in [1.82, 2.24) is 10.3 Å². The molecule has 1 fully saturated rings. The second-order valence-electron chi connectivity index (χ2n) is 4.83. The molecule has 1 aromatic rings. The lowest BCUT2D eigenvalue weighted by Crippen LogP contribution is -2.26. The van der Waals surface area contributed by atoms with Gasteiger partial charge in [0.15, 0.2) is 5.13 Å². The smallest absolute Gasteiger partial charge is 0.185 e.